The number of aryl methyl sites for hydroxylation is 1. The average Bonchev–Trinajstić information content (AvgIpc) is 2.79. The number of amides is 3. The lowest BCUT2D eigenvalue weighted by Gasteiger charge is -2.07. The second kappa shape index (κ2) is 7.77. The molecule has 0 unspecified atom stereocenters. The molecule has 3 amide bonds. The number of carboxylic acids is 1. The normalized spacial score (nSPS) is 9.85. The van der Waals surface area contributed by atoms with Crippen LogP contribution in [0.4, 0.5) is 4.79 Å². The first kappa shape index (κ1) is 15.5. The van der Waals surface area contributed by atoms with Gasteiger partial charge in [0.1, 0.15) is 12.4 Å². The molecule has 9 nitrogen and oxygen atoms in total. The number of hydrogen-bond donors (Lipinski definition) is 4. The number of carboxylic acid groups (broad SMARTS) is 1. The van der Waals surface area contributed by atoms with E-state index in [1.807, 2.05) is 17.8 Å². The van der Waals surface area contributed by atoms with E-state index in [0.29, 0.717) is 13.0 Å². The summed E-state index contributed by atoms with van der Waals surface area (Å²) in [5, 5.41) is 15.4. The van der Waals surface area contributed by atoms with E-state index in [1.54, 1.807) is 6.20 Å². The fourth-order valence-electron chi connectivity index (χ4n) is 1.38. The molecule has 0 aliphatic heterocycles. The van der Waals surface area contributed by atoms with Crippen LogP contribution < -0.4 is 16.0 Å². The third-order valence-corrected chi connectivity index (χ3v) is 2.40. The molecule has 1 heterocycles. The molecule has 0 aromatic carbocycles. The Kier molecular flexibility index (Phi) is 6.01. The molecule has 0 atom stereocenters. The number of aromatic nitrogens is 2. The molecule has 0 saturated carbocycles. The Balaban J connectivity index is 2.13. The summed E-state index contributed by atoms with van der Waals surface area (Å²) in [7, 11) is 1.86. The van der Waals surface area contributed by atoms with Crippen LogP contribution in [0.15, 0.2) is 12.4 Å². The van der Waals surface area contributed by atoms with E-state index in [-0.39, 0.29) is 6.54 Å². The minimum Gasteiger partial charge on any atom is -0.480 e. The Hall–Kier alpha value is -2.58. The van der Waals surface area contributed by atoms with Gasteiger partial charge in [-0.05, 0) is 0 Å². The van der Waals surface area contributed by atoms with Gasteiger partial charge in [-0.3, -0.25) is 9.59 Å². The van der Waals surface area contributed by atoms with Gasteiger partial charge in [0.2, 0.25) is 5.91 Å². The van der Waals surface area contributed by atoms with E-state index in [9.17, 15) is 14.4 Å². The summed E-state index contributed by atoms with van der Waals surface area (Å²) in [6, 6.07) is -0.496. The second-order valence-electron chi connectivity index (χ2n) is 3.98. The van der Waals surface area contributed by atoms with Gasteiger partial charge in [-0.15, -0.1) is 0 Å². The van der Waals surface area contributed by atoms with E-state index in [0.717, 1.165) is 5.82 Å². The van der Waals surface area contributed by atoms with Gasteiger partial charge in [0.25, 0.3) is 0 Å². The summed E-state index contributed by atoms with van der Waals surface area (Å²) in [4.78, 5) is 36.8. The Morgan fingerprint density at radius 3 is 2.60 bits per heavy atom. The summed E-state index contributed by atoms with van der Waals surface area (Å²) in [6.07, 6.45) is 4.05. The van der Waals surface area contributed by atoms with E-state index < -0.39 is 24.5 Å². The SMILES string of the molecule is Cn1ccnc1CCNC(=O)NCC(=O)NCC(=O)O. The maximum absolute atomic E-state index is 11.4. The van der Waals surface area contributed by atoms with Crippen LogP contribution in [-0.4, -0.2) is 52.2 Å². The third kappa shape index (κ3) is 5.85. The third-order valence-electron chi connectivity index (χ3n) is 2.40. The van der Waals surface area contributed by atoms with Crippen molar-refractivity contribution in [3.63, 3.8) is 0 Å². The predicted molar refractivity (Wildman–Crippen MR) is 69.0 cm³/mol. The van der Waals surface area contributed by atoms with E-state index in [4.69, 9.17) is 5.11 Å². The first-order chi connectivity index (χ1) is 9.49. The molecular formula is C11H17N5O4. The average molecular weight is 283 g/mol. The highest BCUT2D eigenvalue weighted by molar-refractivity contribution is 5.86. The van der Waals surface area contributed by atoms with Crippen molar-refractivity contribution in [2.24, 2.45) is 7.05 Å². The molecule has 0 radical (unpaired) electrons. The zero-order chi connectivity index (χ0) is 15.0. The molecule has 1 aromatic heterocycles. The van der Waals surface area contributed by atoms with Crippen LogP contribution in [0.3, 0.4) is 0 Å². The number of rotatable bonds is 7. The molecule has 9 heteroatoms. The highest BCUT2D eigenvalue weighted by Crippen LogP contribution is 1.93. The smallest absolute Gasteiger partial charge is 0.322 e. The summed E-state index contributed by atoms with van der Waals surface area (Å²) in [5.74, 6) is -0.867. The van der Waals surface area contributed by atoms with Crippen molar-refractivity contribution in [3.8, 4) is 0 Å². The summed E-state index contributed by atoms with van der Waals surface area (Å²) < 4.78 is 1.85. The van der Waals surface area contributed by atoms with Gasteiger partial charge in [0, 0.05) is 32.4 Å². The van der Waals surface area contributed by atoms with Crippen LogP contribution in [0.5, 0.6) is 0 Å². The Morgan fingerprint density at radius 1 is 1.25 bits per heavy atom. The van der Waals surface area contributed by atoms with Crippen molar-refractivity contribution in [2.75, 3.05) is 19.6 Å². The topological polar surface area (TPSA) is 125 Å². The number of urea groups is 1. The van der Waals surface area contributed by atoms with Gasteiger partial charge in [-0.1, -0.05) is 0 Å². The largest absolute Gasteiger partial charge is 0.480 e. The monoisotopic (exact) mass is 283 g/mol. The molecule has 0 aliphatic carbocycles. The number of nitrogens with zero attached hydrogens (tertiary/aromatic N) is 2. The van der Waals surface area contributed by atoms with Gasteiger partial charge in [-0.25, -0.2) is 9.78 Å². The molecule has 110 valence electrons. The number of aliphatic carboxylic acids is 1. The van der Waals surface area contributed by atoms with Crippen LogP contribution >= 0.6 is 0 Å². The lowest BCUT2D eigenvalue weighted by atomic mass is 10.4. The highest BCUT2D eigenvalue weighted by atomic mass is 16.4. The van der Waals surface area contributed by atoms with Gasteiger partial charge in [0.15, 0.2) is 0 Å². The van der Waals surface area contributed by atoms with Crippen molar-refractivity contribution < 1.29 is 19.5 Å². The van der Waals surface area contributed by atoms with Crippen LogP contribution in [0.1, 0.15) is 5.82 Å². The second-order valence-corrected chi connectivity index (χ2v) is 3.98. The van der Waals surface area contributed by atoms with Crippen LogP contribution in [0.25, 0.3) is 0 Å². The lowest BCUT2D eigenvalue weighted by Crippen LogP contribution is -2.43. The van der Waals surface area contributed by atoms with Crippen molar-refractivity contribution in [1.29, 1.82) is 0 Å². The molecule has 0 bridgehead atoms. The Morgan fingerprint density at radius 2 is 2.00 bits per heavy atom. The zero-order valence-electron chi connectivity index (χ0n) is 11.0. The van der Waals surface area contributed by atoms with Gasteiger partial charge < -0.3 is 25.6 Å². The number of imidazole rings is 1. The molecule has 4 N–H and O–H groups in total. The minimum absolute atomic E-state index is 0.276. The molecule has 1 aromatic rings. The summed E-state index contributed by atoms with van der Waals surface area (Å²) in [6.45, 7) is -0.365. The van der Waals surface area contributed by atoms with Crippen molar-refractivity contribution >= 4 is 17.9 Å². The van der Waals surface area contributed by atoms with Gasteiger partial charge in [0.05, 0.1) is 6.54 Å². The molecule has 20 heavy (non-hydrogen) atoms. The number of nitrogens with one attached hydrogen (secondary N) is 3. The molecule has 0 saturated heterocycles. The van der Waals surface area contributed by atoms with Gasteiger partial charge in [-0.2, -0.15) is 0 Å². The van der Waals surface area contributed by atoms with Crippen molar-refractivity contribution in [2.45, 2.75) is 6.42 Å². The highest BCUT2D eigenvalue weighted by Gasteiger charge is 2.06. The number of hydrogen-bond acceptors (Lipinski definition) is 4. The van der Waals surface area contributed by atoms with Crippen LogP contribution in [0.2, 0.25) is 0 Å². The van der Waals surface area contributed by atoms with Crippen LogP contribution in [-0.2, 0) is 23.1 Å². The van der Waals surface area contributed by atoms with Crippen LogP contribution in [0, 0.1) is 0 Å². The fraction of sp³-hybridized carbons (Fsp3) is 0.455. The molecule has 0 spiro atoms. The lowest BCUT2D eigenvalue weighted by molar-refractivity contribution is -0.137. The Bertz CT molecular complexity index is 485. The first-order valence-electron chi connectivity index (χ1n) is 5.95. The Labute approximate surface area is 115 Å². The maximum atomic E-state index is 11.4. The number of carbonyl (C=O) groups is 3. The fourth-order valence-corrected chi connectivity index (χ4v) is 1.38. The molecule has 0 fully saturated rings. The van der Waals surface area contributed by atoms with E-state index >= 15 is 0 Å². The standard InChI is InChI=1S/C11H17N5O4/c1-16-5-4-12-8(16)2-3-13-11(20)15-6-9(17)14-7-10(18)19/h4-5H,2-3,6-7H2,1H3,(H,14,17)(H,18,19)(H2,13,15,20). The quantitative estimate of drug-likeness (QED) is 0.483. The summed E-state index contributed by atoms with van der Waals surface area (Å²) in [5.41, 5.74) is 0. The van der Waals surface area contributed by atoms with Crippen molar-refractivity contribution in [3.05, 3.63) is 18.2 Å². The predicted octanol–water partition coefficient (Wildman–Crippen LogP) is -1.54. The summed E-state index contributed by atoms with van der Waals surface area (Å²) >= 11 is 0. The molecular weight excluding hydrogens is 266 g/mol. The zero-order valence-corrected chi connectivity index (χ0v) is 11.0. The van der Waals surface area contributed by atoms with E-state index in [1.165, 1.54) is 0 Å². The minimum atomic E-state index is -1.14. The van der Waals surface area contributed by atoms with Gasteiger partial charge >= 0.3 is 12.0 Å². The van der Waals surface area contributed by atoms with Crippen molar-refractivity contribution in [1.82, 2.24) is 25.5 Å². The van der Waals surface area contributed by atoms with E-state index in [2.05, 4.69) is 20.9 Å². The molecule has 1 rings (SSSR count). The first-order valence-corrected chi connectivity index (χ1v) is 5.95. The molecule has 0 aliphatic rings. The number of carbonyl (C=O) groups excluding carboxylic acids is 2. The maximum Gasteiger partial charge on any atom is 0.322 e.